The number of nitrogens with zero attached hydrogens (tertiary/aromatic N) is 4. The summed E-state index contributed by atoms with van der Waals surface area (Å²) in [6.07, 6.45) is 3.85. The van der Waals surface area contributed by atoms with Gasteiger partial charge in [0, 0.05) is 39.6 Å². The number of hydrogen-bond donors (Lipinski definition) is 0. The van der Waals surface area contributed by atoms with Gasteiger partial charge in [-0.25, -0.2) is 9.99 Å². The molecule has 0 unspecified atom stereocenters. The molecule has 0 spiro atoms. The van der Waals surface area contributed by atoms with E-state index >= 15 is 0 Å². The normalized spacial score (nSPS) is 18.5. The fraction of sp³-hybridized carbons (Fsp3) is 0.571. The van der Waals surface area contributed by atoms with Crippen LogP contribution in [0, 0.1) is 0 Å². The van der Waals surface area contributed by atoms with Crippen LogP contribution in [-0.4, -0.2) is 35.2 Å². The Morgan fingerprint density at radius 1 is 1.36 bits per heavy atom. The summed E-state index contributed by atoms with van der Waals surface area (Å²) in [7, 11) is 4.09. The molecule has 4 heteroatoms. The number of imidazole rings is 1. The summed E-state index contributed by atoms with van der Waals surface area (Å²) in [6.45, 7) is 2.09. The van der Waals surface area contributed by atoms with Crippen molar-refractivity contribution in [3.63, 3.8) is 0 Å². The Kier molecular flexibility index (Phi) is 1.35. The van der Waals surface area contributed by atoms with E-state index in [4.69, 9.17) is 0 Å². The zero-order chi connectivity index (χ0) is 7.84. The number of likely N-dealkylation sites (N-methyl/N-ethyl adjacent to an activating group) is 1. The van der Waals surface area contributed by atoms with Crippen molar-refractivity contribution in [2.75, 3.05) is 25.6 Å². The topological polar surface area (TPSA) is 24.3 Å². The number of anilines is 1. The summed E-state index contributed by atoms with van der Waals surface area (Å²) in [5, 5.41) is 4.21. The Balaban J connectivity index is 2.38. The molecule has 1 aromatic heterocycles. The second-order valence-corrected chi connectivity index (χ2v) is 2.83. The minimum atomic E-state index is 1.03. The van der Waals surface area contributed by atoms with Crippen LogP contribution in [-0.2, 0) is 6.54 Å². The van der Waals surface area contributed by atoms with E-state index in [1.165, 1.54) is 0 Å². The molecule has 0 aliphatic carbocycles. The summed E-state index contributed by atoms with van der Waals surface area (Å²) < 4.78 is 2.15. The van der Waals surface area contributed by atoms with Crippen LogP contribution in [0.25, 0.3) is 0 Å². The first-order chi connectivity index (χ1) is 5.29. The van der Waals surface area contributed by atoms with E-state index in [-0.39, 0.29) is 0 Å². The van der Waals surface area contributed by atoms with Crippen molar-refractivity contribution < 1.29 is 0 Å². The Labute approximate surface area is 66.0 Å². The van der Waals surface area contributed by atoms with Gasteiger partial charge in [0.2, 0.25) is 5.95 Å². The zero-order valence-electron chi connectivity index (χ0n) is 6.86. The van der Waals surface area contributed by atoms with E-state index in [1.807, 2.05) is 19.4 Å². The standard InChI is InChI=1S/C7H12N4/c1-9-5-6-11-4-3-8-7(11)10(9)2/h3-4H,5-6H2,1-2H3. The van der Waals surface area contributed by atoms with E-state index in [2.05, 4.69) is 26.6 Å². The Morgan fingerprint density at radius 2 is 2.18 bits per heavy atom. The van der Waals surface area contributed by atoms with Gasteiger partial charge in [-0.3, -0.25) is 5.01 Å². The van der Waals surface area contributed by atoms with Crippen molar-refractivity contribution >= 4 is 5.95 Å². The Hall–Kier alpha value is -1.03. The highest BCUT2D eigenvalue weighted by atomic mass is 15.7. The highest BCUT2D eigenvalue weighted by Crippen LogP contribution is 2.15. The maximum absolute atomic E-state index is 4.24. The lowest BCUT2D eigenvalue weighted by molar-refractivity contribution is 0.274. The molecule has 0 atom stereocenters. The van der Waals surface area contributed by atoms with Crippen LogP contribution in [0.3, 0.4) is 0 Å². The van der Waals surface area contributed by atoms with Crippen molar-refractivity contribution in [2.45, 2.75) is 6.54 Å². The van der Waals surface area contributed by atoms with Gasteiger partial charge in [-0.2, -0.15) is 0 Å². The molecule has 0 amide bonds. The fourth-order valence-electron chi connectivity index (χ4n) is 1.32. The van der Waals surface area contributed by atoms with Crippen LogP contribution in [0.4, 0.5) is 5.95 Å². The predicted octanol–water partition coefficient (Wildman–Crippen LogP) is 0.180. The van der Waals surface area contributed by atoms with Gasteiger partial charge in [-0.05, 0) is 0 Å². The minimum Gasteiger partial charge on any atom is -0.315 e. The van der Waals surface area contributed by atoms with E-state index in [0.29, 0.717) is 0 Å². The first-order valence-corrected chi connectivity index (χ1v) is 3.75. The molecule has 0 saturated heterocycles. The van der Waals surface area contributed by atoms with E-state index in [1.54, 1.807) is 0 Å². The number of fused-ring (bicyclic) bond motifs is 1. The van der Waals surface area contributed by atoms with Gasteiger partial charge in [0.05, 0.1) is 0 Å². The first-order valence-electron chi connectivity index (χ1n) is 3.75. The maximum Gasteiger partial charge on any atom is 0.220 e. The molecule has 0 bridgehead atoms. The highest BCUT2D eigenvalue weighted by Gasteiger charge is 2.17. The van der Waals surface area contributed by atoms with Gasteiger partial charge in [0.15, 0.2) is 0 Å². The molecule has 11 heavy (non-hydrogen) atoms. The number of hydrogen-bond acceptors (Lipinski definition) is 3. The van der Waals surface area contributed by atoms with Gasteiger partial charge < -0.3 is 4.57 Å². The lowest BCUT2D eigenvalue weighted by atomic mass is 10.5. The number of aromatic nitrogens is 2. The van der Waals surface area contributed by atoms with Crippen LogP contribution < -0.4 is 5.01 Å². The second kappa shape index (κ2) is 2.23. The monoisotopic (exact) mass is 152 g/mol. The lowest BCUT2D eigenvalue weighted by Crippen LogP contribution is -2.44. The van der Waals surface area contributed by atoms with E-state index in [0.717, 1.165) is 19.0 Å². The molecular formula is C7H12N4. The molecule has 4 nitrogen and oxygen atoms in total. The third-order valence-corrected chi connectivity index (χ3v) is 2.16. The van der Waals surface area contributed by atoms with Gasteiger partial charge in [-0.15, -0.1) is 0 Å². The van der Waals surface area contributed by atoms with Crippen molar-refractivity contribution in [3.05, 3.63) is 12.4 Å². The Bertz CT molecular complexity index is 255. The highest BCUT2D eigenvalue weighted by molar-refractivity contribution is 5.29. The average Bonchev–Trinajstić information content (AvgIpc) is 2.45. The Morgan fingerprint density at radius 3 is 3.00 bits per heavy atom. The molecule has 0 aromatic carbocycles. The van der Waals surface area contributed by atoms with E-state index in [9.17, 15) is 0 Å². The third kappa shape index (κ3) is 0.903. The molecule has 60 valence electrons. The van der Waals surface area contributed by atoms with Gasteiger partial charge in [-0.1, -0.05) is 0 Å². The quantitative estimate of drug-likeness (QED) is 0.530. The van der Waals surface area contributed by atoms with Crippen LogP contribution in [0.1, 0.15) is 0 Å². The van der Waals surface area contributed by atoms with Crippen LogP contribution in [0.2, 0.25) is 0 Å². The van der Waals surface area contributed by atoms with Crippen LogP contribution in [0.5, 0.6) is 0 Å². The molecular weight excluding hydrogens is 140 g/mol. The zero-order valence-corrected chi connectivity index (χ0v) is 6.86. The number of hydrazine groups is 1. The predicted molar refractivity (Wildman–Crippen MR) is 43.3 cm³/mol. The summed E-state index contributed by atoms with van der Waals surface area (Å²) >= 11 is 0. The number of rotatable bonds is 0. The SMILES string of the molecule is CN1CCn2ccnc2N1C. The van der Waals surface area contributed by atoms with Crippen molar-refractivity contribution in [3.8, 4) is 0 Å². The second-order valence-electron chi connectivity index (χ2n) is 2.83. The smallest absolute Gasteiger partial charge is 0.220 e. The molecule has 0 fully saturated rings. The van der Waals surface area contributed by atoms with Gasteiger partial charge in [0.1, 0.15) is 0 Å². The fourth-order valence-corrected chi connectivity index (χ4v) is 1.32. The molecule has 1 aliphatic rings. The van der Waals surface area contributed by atoms with Crippen molar-refractivity contribution in [1.29, 1.82) is 0 Å². The maximum atomic E-state index is 4.24. The minimum absolute atomic E-state index is 1.03. The average molecular weight is 152 g/mol. The van der Waals surface area contributed by atoms with E-state index < -0.39 is 0 Å². The van der Waals surface area contributed by atoms with Crippen LogP contribution in [0.15, 0.2) is 12.4 Å². The molecule has 0 saturated carbocycles. The van der Waals surface area contributed by atoms with Gasteiger partial charge in [0.25, 0.3) is 0 Å². The molecule has 0 N–H and O–H groups in total. The summed E-state index contributed by atoms with van der Waals surface area (Å²) in [4.78, 5) is 4.24. The lowest BCUT2D eigenvalue weighted by Gasteiger charge is -2.33. The summed E-state index contributed by atoms with van der Waals surface area (Å²) in [5.41, 5.74) is 0. The molecule has 0 radical (unpaired) electrons. The molecule has 1 aromatic rings. The summed E-state index contributed by atoms with van der Waals surface area (Å²) in [5.74, 6) is 1.03. The summed E-state index contributed by atoms with van der Waals surface area (Å²) in [6, 6.07) is 0. The van der Waals surface area contributed by atoms with Crippen LogP contribution >= 0.6 is 0 Å². The first kappa shape index (κ1) is 6.67. The third-order valence-electron chi connectivity index (χ3n) is 2.16. The van der Waals surface area contributed by atoms with Crippen molar-refractivity contribution in [2.24, 2.45) is 0 Å². The largest absolute Gasteiger partial charge is 0.315 e. The molecule has 2 heterocycles. The van der Waals surface area contributed by atoms with Crippen molar-refractivity contribution in [1.82, 2.24) is 14.6 Å². The molecule has 2 rings (SSSR count). The van der Waals surface area contributed by atoms with Gasteiger partial charge >= 0.3 is 0 Å². The molecule has 1 aliphatic heterocycles.